The maximum absolute atomic E-state index is 14.5. The minimum Gasteiger partial charge on any atom is -0.206 e. The zero-order chi connectivity index (χ0) is 15.9. The summed E-state index contributed by atoms with van der Waals surface area (Å²) in [5.41, 5.74) is 0. The molecule has 1 saturated carbocycles. The van der Waals surface area contributed by atoms with E-state index in [0.29, 0.717) is 0 Å². The van der Waals surface area contributed by atoms with Crippen LogP contribution in [0.2, 0.25) is 0 Å². The fraction of sp³-hybridized carbons (Fsp3) is 1.00. The highest BCUT2D eigenvalue weighted by atomic mass is 19.3. The molecule has 0 heterocycles. The van der Waals surface area contributed by atoms with E-state index in [1.54, 1.807) is 0 Å². The smallest absolute Gasteiger partial charge is 0.206 e. The minimum atomic E-state index is -2.37. The summed E-state index contributed by atoms with van der Waals surface area (Å²) in [6.07, 6.45) is 10.5. The van der Waals surface area contributed by atoms with Crippen LogP contribution in [0.15, 0.2) is 0 Å². The Hall–Kier alpha value is -0.140. The first kappa shape index (κ1) is 18.9. The van der Waals surface area contributed by atoms with Crippen molar-refractivity contribution in [2.45, 2.75) is 97.8 Å². The van der Waals surface area contributed by atoms with Crippen molar-refractivity contribution in [3.8, 4) is 0 Å². The summed E-state index contributed by atoms with van der Waals surface area (Å²) in [6.45, 7) is 8.59. The fourth-order valence-electron chi connectivity index (χ4n) is 4.27. The number of alkyl halides is 2. The first-order valence-electron chi connectivity index (χ1n) is 9.42. The van der Waals surface area contributed by atoms with Crippen molar-refractivity contribution in [1.29, 1.82) is 0 Å². The zero-order valence-corrected chi connectivity index (χ0v) is 14.6. The molecule has 0 bridgehead atoms. The van der Waals surface area contributed by atoms with E-state index in [4.69, 9.17) is 0 Å². The minimum absolute atomic E-state index is 0.260. The molecular formula is C19H36F2. The maximum Gasteiger partial charge on any atom is 0.255 e. The molecule has 1 fully saturated rings. The van der Waals surface area contributed by atoms with Gasteiger partial charge in [0.1, 0.15) is 0 Å². The third-order valence-corrected chi connectivity index (χ3v) is 5.36. The predicted molar refractivity (Wildman–Crippen MR) is 87.8 cm³/mol. The highest BCUT2D eigenvalue weighted by Gasteiger charge is 2.71. The van der Waals surface area contributed by atoms with Crippen molar-refractivity contribution in [3.63, 3.8) is 0 Å². The predicted octanol–water partition coefficient (Wildman–Crippen LogP) is 7.08. The second-order valence-electron chi connectivity index (χ2n) is 7.11. The molecule has 126 valence electrons. The number of hydrogen-bond acceptors (Lipinski definition) is 0. The first-order chi connectivity index (χ1) is 10.0. The van der Waals surface area contributed by atoms with Gasteiger partial charge in [-0.05, 0) is 24.7 Å². The Morgan fingerprint density at radius 1 is 0.667 bits per heavy atom. The van der Waals surface area contributed by atoms with Gasteiger partial charge in [-0.25, -0.2) is 8.78 Å². The average Bonchev–Trinajstić information content (AvgIpc) is 3.02. The lowest BCUT2D eigenvalue weighted by atomic mass is 9.85. The lowest BCUT2D eigenvalue weighted by Crippen LogP contribution is -2.10. The van der Waals surface area contributed by atoms with Crippen LogP contribution in [0.25, 0.3) is 0 Å². The Morgan fingerprint density at radius 2 is 1.05 bits per heavy atom. The third kappa shape index (κ3) is 4.93. The molecule has 0 radical (unpaired) electrons. The van der Waals surface area contributed by atoms with Crippen LogP contribution in [-0.4, -0.2) is 5.92 Å². The van der Waals surface area contributed by atoms with Crippen molar-refractivity contribution in [1.82, 2.24) is 0 Å². The number of rotatable bonds is 12. The van der Waals surface area contributed by atoms with E-state index in [-0.39, 0.29) is 23.7 Å². The number of unbranched alkanes of at least 4 members (excludes halogenated alkanes) is 2. The van der Waals surface area contributed by atoms with E-state index in [2.05, 4.69) is 27.7 Å². The lowest BCUT2D eigenvalue weighted by Gasteiger charge is -2.18. The van der Waals surface area contributed by atoms with E-state index in [0.717, 1.165) is 64.2 Å². The van der Waals surface area contributed by atoms with E-state index in [1.165, 1.54) is 0 Å². The molecule has 0 N–H and O–H groups in total. The summed E-state index contributed by atoms with van der Waals surface area (Å²) >= 11 is 0. The van der Waals surface area contributed by atoms with Gasteiger partial charge >= 0.3 is 0 Å². The topological polar surface area (TPSA) is 0 Å². The molecule has 0 aliphatic heterocycles. The molecule has 1 rings (SSSR count). The van der Waals surface area contributed by atoms with Crippen LogP contribution >= 0.6 is 0 Å². The number of hydrogen-bond donors (Lipinski definition) is 0. The SMILES string of the molecule is CCCCC(CCC)C1C(C(CCC)CCCC)C1(F)F. The molecule has 1 aliphatic rings. The first-order valence-corrected chi connectivity index (χ1v) is 9.42. The van der Waals surface area contributed by atoms with Crippen LogP contribution in [0, 0.1) is 23.7 Å². The quantitative estimate of drug-likeness (QED) is 0.361. The molecular weight excluding hydrogens is 266 g/mol. The van der Waals surface area contributed by atoms with E-state index in [1.807, 2.05) is 0 Å². The summed E-state index contributed by atoms with van der Waals surface area (Å²) in [5, 5.41) is 0. The van der Waals surface area contributed by atoms with Gasteiger partial charge in [-0.2, -0.15) is 0 Å². The van der Waals surface area contributed by atoms with E-state index in [9.17, 15) is 8.78 Å². The standard InChI is InChI=1S/C19H36F2/c1-5-9-13-15(11-7-3)17-18(19(17,20)21)16(12-8-4)14-10-6-2/h15-18H,5-14H2,1-4H3. The molecule has 21 heavy (non-hydrogen) atoms. The van der Waals surface area contributed by atoms with Crippen molar-refractivity contribution in [3.05, 3.63) is 0 Å². The van der Waals surface area contributed by atoms with Crippen LogP contribution < -0.4 is 0 Å². The summed E-state index contributed by atoms with van der Waals surface area (Å²) < 4.78 is 28.9. The number of halogens is 2. The molecule has 0 aromatic rings. The van der Waals surface area contributed by atoms with Gasteiger partial charge in [0.25, 0.3) is 5.92 Å². The molecule has 2 heteroatoms. The van der Waals surface area contributed by atoms with Crippen molar-refractivity contribution >= 4 is 0 Å². The lowest BCUT2D eigenvalue weighted by molar-refractivity contribution is 0.0619. The second-order valence-corrected chi connectivity index (χ2v) is 7.11. The molecule has 0 nitrogen and oxygen atoms in total. The van der Waals surface area contributed by atoms with Crippen LogP contribution in [0.5, 0.6) is 0 Å². The Morgan fingerprint density at radius 3 is 1.33 bits per heavy atom. The highest BCUT2D eigenvalue weighted by Crippen LogP contribution is 2.65. The second kappa shape index (κ2) is 9.10. The summed E-state index contributed by atoms with van der Waals surface area (Å²) in [6, 6.07) is 0. The third-order valence-electron chi connectivity index (χ3n) is 5.36. The van der Waals surface area contributed by atoms with Gasteiger partial charge in [0.2, 0.25) is 0 Å². The molecule has 1 aliphatic carbocycles. The van der Waals surface area contributed by atoms with Crippen molar-refractivity contribution < 1.29 is 8.78 Å². The fourth-order valence-corrected chi connectivity index (χ4v) is 4.27. The van der Waals surface area contributed by atoms with Gasteiger partial charge in [-0.3, -0.25) is 0 Å². The van der Waals surface area contributed by atoms with Gasteiger partial charge in [-0.1, -0.05) is 79.1 Å². The average molecular weight is 302 g/mol. The molecule has 4 atom stereocenters. The molecule has 4 unspecified atom stereocenters. The Kier molecular flexibility index (Phi) is 8.19. The highest BCUT2D eigenvalue weighted by molar-refractivity contribution is 5.10. The van der Waals surface area contributed by atoms with Gasteiger partial charge < -0.3 is 0 Å². The summed E-state index contributed by atoms with van der Waals surface area (Å²) in [5.74, 6) is -2.47. The maximum atomic E-state index is 14.5. The van der Waals surface area contributed by atoms with E-state index < -0.39 is 5.92 Å². The van der Waals surface area contributed by atoms with Crippen LogP contribution in [-0.2, 0) is 0 Å². The Bertz CT molecular complexity index is 249. The van der Waals surface area contributed by atoms with E-state index >= 15 is 0 Å². The Balaban J connectivity index is 2.71. The van der Waals surface area contributed by atoms with Gasteiger partial charge in [0, 0.05) is 11.8 Å². The molecule has 0 saturated heterocycles. The molecule has 0 spiro atoms. The molecule has 0 aromatic heterocycles. The van der Waals surface area contributed by atoms with Gasteiger partial charge in [-0.15, -0.1) is 0 Å². The monoisotopic (exact) mass is 302 g/mol. The van der Waals surface area contributed by atoms with Crippen LogP contribution in [0.4, 0.5) is 8.78 Å². The van der Waals surface area contributed by atoms with Crippen molar-refractivity contribution in [2.75, 3.05) is 0 Å². The molecule has 0 amide bonds. The normalized spacial score (nSPS) is 26.6. The van der Waals surface area contributed by atoms with Crippen LogP contribution in [0.1, 0.15) is 91.9 Å². The van der Waals surface area contributed by atoms with Gasteiger partial charge in [0.15, 0.2) is 0 Å². The Labute approximate surface area is 131 Å². The summed E-state index contributed by atoms with van der Waals surface area (Å²) in [4.78, 5) is 0. The van der Waals surface area contributed by atoms with Gasteiger partial charge in [0.05, 0.1) is 0 Å². The summed E-state index contributed by atoms with van der Waals surface area (Å²) in [7, 11) is 0. The molecule has 0 aromatic carbocycles. The zero-order valence-electron chi connectivity index (χ0n) is 14.6. The largest absolute Gasteiger partial charge is 0.255 e. The van der Waals surface area contributed by atoms with Crippen LogP contribution in [0.3, 0.4) is 0 Å². The van der Waals surface area contributed by atoms with Crippen molar-refractivity contribution in [2.24, 2.45) is 23.7 Å².